The molecule has 1 aliphatic carbocycles. The molecule has 1 fully saturated rings. The molecule has 4 nitrogen and oxygen atoms in total. The molecule has 0 radical (unpaired) electrons. The van der Waals surface area contributed by atoms with E-state index >= 15 is 0 Å². The van der Waals surface area contributed by atoms with Gasteiger partial charge in [0.25, 0.3) is 0 Å². The Morgan fingerprint density at radius 1 is 1.35 bits per heavy atom. The summed E-state index contributed by atoms with van der Waals surface area (Å²) in [7, 11) is 2.19. The largest absolute Gasteiger partial charge is 0.308 e. The number of anilines is 1. The molecule has 2 rings (SSSR count). The molecule has 0 saturated heterocycles. The summed E-state index contributed by atoms with van der Waals surface area (Å²) in [6.45, 7) is 0.903. The number of hydrogen-bond acceptors (Lipinski definition) is 4. The molecule has 0 bridgehead atoms. The van der Waals surface area contributed by atoms with Gasteiger partial charge in [0.05, 0.1) is 5.69 Å². The number of nitrogens with one attached hydrogen (secondary N) is 1. The van der Waals surface area contributed by atoms with Gasteiger partial charge in [-0.05, 0) is 32.0 Å². The van der Waals surface area contributed by atoms with E-state index in [0.29, 0.717) is 0 Å². The fourth-order valence-electron chi connectivity index (χ4n) is 2.55. The van der Waals surface area contributed by atoms with Crippen LogP contribution in [0.3, 0.4) is 0 Å². The molecule has 0 amide bonds. The van der Waals surface area contributed by atoms with E-state index in [4.69, 9.17) is 5.84 Å². The van der Waals surface area contributed by atoms with Crippen LogP contribution in [0, 0.1) is 0 Å². The minimum Gasteiger partial charge on any atom is -0.308 e. The molecule has 94 valence electrons. The summed E-state index contributed by atoms with van der Waals surface area (Å²) in [5.41, 5.74) is 3.67. The number of nitrogens with two attached hydrogens (primary N) is 1. The van der Waals surface area contributed by atoms with Gasteiger partial charge in [-0.25, -0.2) is 10.8 Å². The fourth-order valence-corrected chi connectivity index (χ4v) is 2.55. The van der Waals surface area contributed by atoms with Crippen LogP contribution in [0.25, 0.3) is 0 Å². The summed E-state index contributed by atoms with van der Waals surface area (Å²) in [4.78, 5) is 6.87. The normalized spacial score (nSPS) is 17.4. The summed E-state index contributed by atoms with van der Waals surface area (Å²) in [6.07, 6.45) is 6.78. The second kappa shape index (κ2) is 5.98. The van der Waals surface area contributed by atoms with Crippen LogP contribution in [-0.4, -0.2) is 23.0 Å². The summed E-state index contributed by atoms with van der Waals surface area (Å²) < 4.78 is 0. The predicted octanol–water partition coefficient (Wildman–Crippen LogP) is 2.13. The van der Waals surface area contributed by atoms with Gasteiger partial charge in [0.15, 0.2) is 0 Å². The first kappa shape index (κ1) is 12.3. The van der Waals surface area contributed by atoms with Crippen LogP contribution in [0.5, 0.6) is 0 Å². The summed E-state index contributed by atoms with van der Waals surface area (Å²) in [5.74, 6) is 6.10. The topological polar surface area (TPSA) is 54.2 Å². The Morgan fingerprint density at radius 3 is 2.82 bits per heavy atom. The molecule has 0 unspecified atom stereocenters. The SMILES string of the molecule is CN(Cc1cccc(NN)n1)C1CCCCC1. The van der Waals surface area contributed by atoms with Crippen molar-refractivity contribution in [2.24, 2.45) is 5.84 Å². The Hall–Kier alpha value is -1.13. The van der Waals surface area contributed by atoms with Crippen molar-refractivity contribution in [1.82, 2.24) is 9.88 Å². The molecule has 4 heteroatoms. The standard InChI is InChI=1S/C13H22N4/c1-17(12-7-3-2-4-8-12)10-11-6-5-9-13(15-11)16-14/h5-6,9,12H,2-4,7-8,10,14H2,1H3,(H,15,16). The maximum absolute atomic E-state index is 5.37. The Labute approximate surface area is 103 Å². The molecule has 0 atom stereocenters. The summed E-state index contributed by atoms with van der Waals surface area (Å²) >= 11 is 0. The molecule has 1 heterocycles. The van der Waals surface area contributed by atoms with Gasteiger partial charge in [0, 0.05) is 12.6 Å². The van der Waals surface area contributed by atoms with E-state index in [9.17, 15) is 0 Å². The Balaban J connectivity index is 1.94. The molecule has 3 N–H and O–H groups in total. The zero-order valence-corrected chi connectivity index (χ0v) is 10.5. The first-order valence-electron chi connectivity index (χ1n) is 6.42. The van der Waals surface area contributed by atoms with E-state index in [2.05, 4.69) is 28.4 Å². The van der Waals surface area contributed by atoms with E-state index in [1.165, 1.54) is 32.1 Å². The molecule has 1 aliphatic rings. The second-order valence-electron chi connectivity index (χ2n) is 4.87. The Bertz CT molecular complexity index is 347. The van der Waals surface area contributed by atoms with Gasteiger partial charge in [-0.1, -0.05) is 25.3 Å². The highest BCUT2D eigenvalue weighted by Gasteiger charge is 2.18. The second-order valence-corrected chi connectivity index (χ2v) is 4.87. The lowest BCUT2D eigenvalue weighted by Gasteiger charge is -2.30. The van der Waals surface area contributed by atoms with Gasteiger partial charge in [-0.15, -0.1) is 0 Å². The minimum atomic E-state index is 0.722. The average molecular weight is 234 g/mol. The maximum atomic E-state index is 5.37. The third-order valence-corrected chi connectivity index (χ3v) is 3.56. The number of rotatable bonds is 4. The lowest BCUT2D eigenvalue weighted by Crippen LogP contribution is -2.33. The number of hydrogen-bond donors (Lipinski definition) is 2. The smallest absolute Gasteiger partial charge is 0.140 e. The first-order chi connectivity index (χ1) is 8.29. The third kappa shape index (κ3) is 3.41. The molecule has 0 aliphatic heterocycles. The Kier molecular flexibility index (Phi) is 4.34. The lowest BCUT2D eigenvalue weighted by molar-refractivity contribution is 0.183. The van der Waals surface area contributed by atoms with Gasteiger partial charge < -0.3 is 5.43 Å². The zero-order valence-electron chi connectivity index (χ0n) is 10.5. The van der Waals surface area contributed by atoms with Crippen molar-refractivity contribution in [3.05, 3.63) is 23.9 Å². The number of aromatic nitrogens is 1. The van der Waals surface area contributed by atoms with Gasteiger partial charge in [-0.2, -0.15) is 0 Å². The van der Waals surface area contributed by atoms with E-state index in [1.54, 1.807) is 0 Å². The quantitative estimate of drug-likeness (QED) is 0.619. The van der Waals surface area contributed by atoms with Crippen LogP contribution < -0.4 is 11.3 Å². The van der Waals surface area contributed by atoms with E-state index in [0.717, 1.165) is 24.1 Å². The van der Waals surface area contributed by atoms with Crippen molar-refractivity contribution in [2.45, 2.75) is 44.7 Å². The molecule has 0 spiro atoms. The van der Waals surface area contributed by atoms with Crippen LogP contribution in [0.2, 0.25) is 0 Å². The van der Waals surface area contributed by atoms with Crippen LogP contribution in [0.15, 0.2) is 18.2 Å². The van der Waals surface area contributed by atoms with E-state index in [1.807, 2.05) is 12.1 Å². The fraction of sp³-hybridized carbons (Fsp3) is 0.615. The average Bonchev–Trinajstić information content (AvgIpc) is 2.40. The van der Waals surface area contributed by atoms with Crippen molar-refractivity contribution >= 4 is 5.82 Å². The molecular weight excluding hydrogens is 212 g/mol. The van der Waals surface area contributed by atoms with Crippen LogP contribution >= 0.6 is 0 Å². The molecule has 1 aromatic heterocycles. The van der Waals surface area contributed by atoms with Crippen molar-refractivity contribution in [1.29, 1.82) is 0 Å². The van der Waals surface area contributed by atoms with Crippen molar-refractivity contribution in [3.8, 4) is 0 Å². The highest BCUT2D eigenvalue weighted by molar-refractivity contribution is 5.33. The van der Waals surface area contributed by atoms with Gasteiger partial charge in [-0.3, -0.25) is 4.90 Å². The van der Waals surface area contributed by atoms with E-state index in [-0.39, 0.29) is 0 Å². The monoisotopic (exact) mass is 234 g/mol. The molecule has 1 aromatic rings. The zero-order chi connectivity index (χ0) is 12.1. The van der Waals surface area contributed by atoms with Crippen LogP contribution in [0.4, 0.5) is 5.82 Å². The lowest BCUT2D eigenvalue weighted by atomic mass is 9.94. The van der Waals surface area contributed by atoms with Gasteiger partial charge >= 0.3 is 0 Å². The van der Waals surface area contributed by atoms with Crippen LogP contribution in [-0.2, 0) is 6.54 Å². The summed E-state index contributed by atoms with van der Waals surface area (Å²) in [5, 5.41) is 0. The number of nitrogen functional groups attached to an aromatic ring is 1. The number of pyridine rings is 1. The summed E-state index contributed by atoms with van der Waals surface area (Å²) in [6, 6.07) is 6.65. The molecular formula is C13H22N4. The first-order valence-corrected chi connectivity index (χ1v) is 6.42. The van der Waals surface area contributed by atoms with Crippen molar-refractivity contribution < 1.29 is 0 Å². The maximum Gasteiger partial charge on any atom is 0.140 e. The number of hydrazine groups is 1. The minimum absolute atomic E-state index is 0.722. The Morgan fingerprint density at radius 2 is 2.12 bits per heavy atom. The highest BCUT2D eigenvalue weighted by atomic mass is 15.3. The van der Waals surface area contributed by atoms with Crippen molar-refractivity contribution in [2.75, 3.05) is 12.5 Å². The van der Waals surface area contributed by atoms with E-state index < -0.39 is 0 Å². The number of nitrogens with zero attached hydrogens (tertiary/aromatic N) is 2. The van der Waals surface area contributed by atoms with Crippen molar-refractivity contribution in [3.63, 3.8) is 0 Å². The van der Waals surface area contributed by atoms with Gasteiger partial charge in [0.2, 0.25) is 0 Å². The predicted molar refractivity (Wildman–Crippen MR) is 70.4 cm³/mol. The van der Waals surface area contributed by atoms with Gasteiger partial charge in [0.1, 0.15) is 5.82 Å². The molecule has 0 aromatic carbocycles. The molecule has 17 heavy (non-hydrogen) atoms. The van der Waals surface area contributed by atoms with Crippen LogP contribution in [0.1, 0.15) is 37.8 Å². The molecule has 1 saturated carbocycles. The third-order valence-electron chi connectivity index (χ3n) is 3.56. The highest BCUT2D eigenvalue weighted by Crippen LogP contribution is 2.22.